The highest BCUT2D eigenvalue weighted by Gasteiger charge is 2.35. The van der Waals surface area contributed by atoms with Crippen molar-refractivity contribution in [3.63, 3.8) is 0 Å². The van der Waals surface area contributed by atoms with Gasteiger partial charge in [-0.05, 0) is 42.3 Å². The molecule has 4 rings (SSSR count). The molecule has 30 heavy (non-hydrogen) atoms. The second-order valence-corrected chi connectivity index (χ2v) is 7.35. The number of alkyl halides is 3. The molecule has 0 aliphatic carbocycles. The number of nitrogens with one attached hydrogen (secondary N) is 1. The molecule has 7 nitrogen and oxygen atoms in total. The molecular formula is C19H17F3N6OS. The molecule has 0 bridgehead atoms. The Morgan fingerprint density at radius 3 is 2.47 bits per heavy atom. The summed E-state index contributed by atoms with van der Waals surface area (Å²) in [7, 11) is 4.69. The van der Waals surface area contributed by atoms with Gasteiger partial charge in [0.15, 0.2) is 0 Å². The number of benzene rings is 1. The second kappa shape index (κ2) is 7.56. The van der Waals surface area contributed by atoms with Crippen LogP contribution in [0.3, 0.4) is 0 Å². The number of aromatic nitrogens is 5. The molecule has 0 saturated heterocycles. The lowest BCUT2D eigenvalue weighted by Gasteiger charge is -2.12. The van der Waals surface area contributed by atoms with Gasteiger partial charge in [-0.25, -0.2) is 0 Å². The van der Waals surface area contributed by atoms with Crippen molar-refractivity contribution in [2.24, 2.45) is 14.1 Å². The highest BCUT2D eigenvalue weighted by molar-refractivity contribution is 8.00. The summed E-state index contributed by atoms with van der Waals surface area (Å²) in [6, 6.07) is 8.16. The van der Waals surface area contributed by atoms with Crippen molar-refractivity contribution in [3.05, 3.63) is 48.4 Å². The summed E-state index contributed by atoms with van der Waals surface area (Å²) in [6.45, 7) is 0. The molecule has 0 atom stereocenters. The Morgan fingerprint density at radius 1 is 1.03 bits per heavy atom. The van der Waals surface area contributed by atoms with Gasteiger partial charge < -0.3 is 9.46 Å². The van der Waals surface area contributed by atoms with Crippen molar-refractivity contribution >= 4 is 28.5 Å². The van der Waals surface area contributed by atoms with Crippen molar-refractivity contribution in [2.75, 3.05) is 11.8 Å². The predicted octanol–water partition coefficient (Wildman–Crippen LogP) is 4.52. The van der Waals surface area contributed by atoms with Crippen LogP contribution in [0.1, 0.15) is 5.69 Å². The van der Waals surface area contributed by atoms with E-state index >= 15 is 0 Å². The van der Waals surface area contributed by atoms with Gasteiger partial charge in [-0.2, -0.15) is 23.4 Å². The first-order valence-electron chi connectivity index (χ1n) is 8.77. The Hall–Kier alpha value is -3.21. The summed E-state index contributed by atoms with van der Waals surface area (Å²) in [5.41, 5.74) is 1.35. The van der Waals surface area contributed by atoms with E-state index in [2.05, 4.69) is 19.9 Å². The molecule has 0 aliphatic heterocycles. The van der Waals surface area contributed by atoms with E-state index in [9.17, 15) is 13.2 Å². The van der Waals surface area contributed by atoms with Gasteiger partial charge in [0, 0.05) is 30.6 Å². The largest absolute Gasteiger partial charge is 0.494 e. The Bertz CT molecular complexity index is 1200. The molecule has 0 spiro atoms. The molecule has 3 aromatic heterocycles. The minimum atomic E-state index is -4.47. The molecule has 1 aromatic carbocycles. The highest BCUT2D eigenvalue weighted by Crippen LogP contribution is 2.36. The molecule has 11 heteroatoms. The van der Waals surface area contributed by atoms with E-state index in [0.29, 0.717) is 11.4 Å². The van der Waals surface area contributed by atoms with E-state index in [-0.39, 0.29) is 5.69 Å². The Balaban J connectivity index is 1.56. The Kier molecular flexibility index (Phi) is 5.06. The van der Waals surface area contributed by atoms with Crippen molar-refractivity contribution in [1.82, 2.24) is 24.5 Å². The zero-order valence-electron chi connectivity index (χ0n) is 16.2. The van der Waals surface area contributed by atoms with Gasteiger partial charge in [0.2, 0.25) is 0 Å². The van der Waals surface area contributed by atoms with Crippen LogP contribution in [-0.2, 0) is 20.3 Å². The molecule has 0 saturated carbocycles. The van der Waals surface area contributed by atoms with E-state index in [1.54, 1.807) is 36.3 Å². The first kappa shape index (κ1) is 20.1. The van der Waals surface area contributed by atoms with E-state index in [1.807, 2.05) is 19.2 Å². The van der Waals surface area contributed by atoms with Crippen LogP contribution in [0.25, 0.3) is 22.3 Å². The summed E-state index contributed by atoms with van der Waals surface area (Å²) in [6.07, 6.45) is -1.13. The summed E-state index contributed by atoms with van der Waals surface area (Å²) in [5.74, 6) is 0.663. The van der Waals surface area contributed by atoms with E-state index in [0.717, 1.165) is 32.2 Å². The van der Waals surface area contributed by atoms with Gasteiger partial charge in [-0.15, -0.1) is 0 Å². The van der Waals surface area contributed by atoms with E-state index in [1.165, 1.54) is 19.0 Å². The first-order chi connectivity index (χ1) is 14.3. The summed E-state index contributed by atoms with van der Waals surface area (Å²) in [5, 5.41) is 9.15. The number of nitrogens with zero attached hydrogens (tertiary/aromatic N) is 5. The topological polar surface area (TPSA) is 69.8 Å². The average molecular weight is 434 g/mol. The quantitative estimate of drug-likeness (QED) is 0.466. The van der Waals surface area contributed by atoms with Crippen LogP contribution < -0.4 is 9.46 Å². The zero-order valence-corrected chi connectivity index (χ0v) is 17.0. The number of hydrogen-bond acceptors (Lipinski definition) is 6. The number of aryl methyl sites for hydroxylation is 2. The average Bonchev–Trinajstić information content (AvgIpc) is 3.29. The minimum Gasteiger partial charge on any atom is -0.494 e. The van der Waals surface area contributed by atoms with Crippen LogP contribution >= 0.6 is 11.9 Å². The molecule has 0 amide bonds. The lowest BCUT2D eigenvalue weighted by molar-refractivity contribution is -0.143. The first-order valence-corrected chi connectivity index (χ1v) is 9.59. The predicted molar refractivity (Wildman–Crippen MR) is 108 cm³/mol. The van der Waals surface area contributed by atoms with Gasteiger partial charge in [-0.1, -0.05) is 0 Å². The van der Waals surface area contributed by atoms with Crippen LogP contribution in [0.4, 0.5) is 18.9 Å². The maximum atomic E-state index is 13.0. The number of halogens is 3. The SMILES string of the molecule is COc1ccc2cnn(C)c2c1NSc1ccc(-c2cc(C(F)(F)F)n(C)n2)nc1. The van der Waals surface area contributed by atoms with Gasteiger partial charge >= 0.3 is 6.18 Å². The maximum absolute atomic E-state index is 13.0. The number of anilines is 1. The van der Waals surface area contributed by atoms with Gasteiger partial charge in [-0.3, -0.25) is 14.3 Å². The van der Waals surface area contributed by atoms with Crippen molar-refractivity contribution in [2.45, 2.75) is 11.1 Å². The van der Waals surface area contributed by atoms with Crippen LogP contribution in [0.5, 0.6) is 5.75 Å². The second-order valence-electron chi connectivity index (χ2n) is 6.47. The molecule has 156 valence electrons. The molecular weight excluding hydrogens is 417 g/mol. The third kappa shape index (κ3) is 3.67. The summed E-state index contributed by atoms with van der Waals surface area (Å²) < 4.78 is 50.2. The normalized spacial score (nSPS) is 11.8. The van der Waals surface area contributed by atoms with Crippen molar-refractivity contribution in [1.29, 1.82) is 0 Å². The fraction of sp³-hybridized carbons (Fsp3) is 0.211. The Labute approximate surface area is 174 Å². The van der Waals surface area contributed by atoms with Crippen LogP contribution in [0, 0.1) is 0 Å². The fourth-order valence-corrected chi connectivity index (χ4v) is 3.74. The number of hydrogen-bond donors (Lipinski definition) is 1. The molecule has 0 fully saturated rings. The number of pyridine rings is 1. The third-order valence-electron chi connectivity index (χ3n) is 4.52. The fourth-order valence-electron chi connectivity index (χ4n) is 3.08. The highest BCUT2D eigenvalue weighted by atomic mass is 32.2. The van der Waals surface area contributed by atoms with Crippen LogP contribution in [0.2, 0.25) is 0 Å². The third-order valence-corrected chi connectivity index (χ3v) is 5.31. The van der Waals surface area contributed by atoms with Gasteiger partial charge in [0.05, 0.1) is 24.5 Å². The lowest BCUT2D eigenvalue weighted by Crippen LogP contribution is -2.11. The molecule has 0 unspecified atom stereocenters. The van der Waals surface area contributed by atoms with E-state index < -0.39 is 11.9 Å². The lowest BCUT2D eigenvalue weighted by atomic mass is 10.2. The smallest absolute Gasteiger partial charge is 0.433 e. The number of methoxy groups -OCH3 is 1. The maximum Gasteiger partial charge on any atom is 0.433 e. The summed E-state index contributed by atoms with van der Waals surface area (Å²) in [4.78, 5) is 5.03. The molecule has 0 radical (unpaired) electrons. The van der Waals surface area contributed by atoms with Gasteiger partial charge in [0.25, 0.3) is 0 Å². The van der Waals surface area contributed by atoms with Gasteiger partial charge in [0.1, 0.15) is 22.8 Å². The standard InChI is InChI=1S/C19H17F3N6OS/c1-27-16(19(20,21)22)8-14(25-27)13-6-5-12(10-23-13)30-26-17-15(29-3)7-4-11-9-24-28(2)18(11)17/h4-10,26H,1-3H3. The van der Waals surface area contributed by atoms with Crippen LogP contribution in [0.15, 0.2) is 47.6 Å². The molecule has 4 aromatic rings. The Morgan fingerprint density at radius 2 is 1.83 bits per heavy atom. The van der Waals surface area contributed by atoms with Crippen molar-refractivity contribution in [3.8, 4) is 17.1 Å². The summed E-state index contributed by atoms with van der Waals surface area (Å²) >= 11 is 1.31. The van der Waals surface area contributed by atoms with E-state index in [4.69, 9.17) is 4.74 Å². The number of rotatable bonds is 5. The number of fused-ring (bicyclic) bond motifs is 1. The molecule has 3 heterocycles. The molecule has 0 aliphatic rings. The molecule has 1 N–H and O–H groups in total. The van der Waals surface area contributed by atoms with Crippen molar-refractivity contribution < 1.29 is 17.9 Å². The zero-order chi connectivity index (χ0) is 21.5. The number of ether oxygens (including phenoxy) is 1. The minimum absolute atomic E-state index is 0.163. The monoisotopic (exact) mass is 434 g/mol. The van der Waals surface area contributed by atoms with Crippen LogP contribution in [-0.4, -0.2) is 31.7 Å².